The fourth-order valence-corrected chi connectivity index (χ4v) is 2.66. The van der Waals surface area contributed by atoms with Gasteiger partial charge in [0.25, 0.3) is 0 Å². The van der Waals surface area contributed by atoms with Crippen molar-refractivity contribution in [1.29, 1.82) is 0 Å². The summed E-state index contributed by atoms with van der Waals surface area (Å²) in [6.45, 7) is 1.34. The molecule has 28 heavy (non-hydrogen) atoms. The van der Waals surface area contributed by atoms with Crippen LogP contribution in [0, 0.1) is 5.82 Å². The Morgan fingerprint density at radius 1 is 1.00 bits per heavy atom. The Hall–Kier alpha value is -3.81. The summed E-state index contributed by atoms with van der Waals surface area (Å²) in [5.74, 6) is -1.25. The minimum Gasteiger partial charge on any atom is -0.465 e. The summed E-state index contributed by atoms with van der Waals surface area (Å²) in [6, 6.07) is 12.3. The van der Waals surface area contributed by atoms with Crippen molar-refractivity contribution in [3.05, 3.63) is 59.9 Å². The number of aromatic nitrogens is 2. The molecule has 3 rings (SSSR count). The number of amides is 1. The second-order valence-corrected chi connectivity index (χ2v) is 5.94. The number of carbonyl (C=O) groups excluding carboxylic acids is 2. The van der Waals surface area contributed by atoms with E-state index in [0.717, 1.165) is 0 Å². The smallest absolute Gasteiger partial charge is 0.339 e. The Bertz CT molecular complexity index is 1050. The molecule has 0 spiro atoms. The Labute approximate surface area is 160 Å². The molecule has 2 aromatic carbocycles. The first-order valence-corrected chi connectivity index (χ1v) is 8.28. The van der Waals surface area contributed by atoms with Gasteiger partial charge in [0.05, 0.1) is 29.7 Å². The zero-order valence-electron chi connectivity index (χ0n) is 15.2. The predicted molar refractivity (Wildman–Crippen MR) is 103 cm³/mol. The lowest BCUT2D eigenvalue weighted by atomic mass is 10.0. The minimum absolute atomic E-state index is 0.0300. The van der Waals surface area contributed by atoms with E-state index in [9.17, 15) is 14.0 Å². The van der Waals surface area contributed by atoms with E-state index in [1.807, 2.05) is 0 Å². The number of nitrogens with zero attached hydrogens (tertiary/aromatic N) is 2. The molecular formula is C20H17FN4O3. The molecule has 0 fully saturated rings. The Kier molecular flexibility index (Phi) is 5.30. The molecule has 1 amide bonds. The number of ether oxygens (including phenoxy) is 1. The third kappa shape index (κ3) is 4.12. The molecular weight excluding hydrogens is 363 g/mol. The number of nitrogens with one attached hydrogen (secondary N) is 1. The standard InChI is InChI=1S/C20H17FN4O3/c1-11(26)23-16-8-5-13(9-15(16)19(27)28-2)18-10-17(24-20(22)25-18)12-3-6-14(21)7-4-12/h3-10H,1-2H3,(H,23,26)(H2,22,24,25). The van der Waals surface area contributed by atoms with Gasteiger partial charge in [-0.25, -0.2) is 19.2 Å². The number of nitrogen functional groups attached to an aromatic ring is 1. The molecule has 8 heteroatoms. The van der Waals surface area contributed by atoms with E-state index in [2.05, 4.69) is 15.3 Å². The maximum atomic E-state index is 13.2. The lowest BCUT2D eigenvalue weighted by molar-refractivity contribution is -0.114. The van der Waals surface area contributed by atoms with Crippen LogP contribution < -0.4 is 11.1 Å². The van der Waals surface area contributed by atoms with Crippen molar-refractivity contribution in [2.45, 2.75) is 6.92 Å². The minimum atomic E-state index is -0.605. The Morgan fingerprint density at radius 2 is 1.61 bits per heavy atom. The second-order valence-electron chi connectivity index (χ2n) is 5.94. The molecule has 3 aromatic rings. The molecule has 0 aliphatic carbocycles. The molecule has 0 atom stereocenters. The van der Waals surface area contributed by atoms with E-state index >= 15 is 0 Å². The molecule has 0 aliphatic heterocycles. The van der Waals surface area contributed by atoms with Crippen LogP contribution in [0.5, 0.6) is 0 Å². The van der Waals surface area contributed by atoms with Gasteiger partial charge in [-0.1, -0.05) is 6.07 Å². The van der Waals surface area contributed by atoms with Crippen molar-refractivity contribution in [3.63, 3.8) is 0 Å². The van der Waals surface area contributed by atoms with Gasteiger partial charge >= 0.3 is 5.97 Å². The third-order valence-corrected chi connectivity index (χ3v) is 3.91. The molecule has 7 nitrogen and oxygen atoms in total. The van der Waals surface area contributed by atoms with Gasteiger partial charge in [0.2, 0.25) is 11.9 Å². The third-order valence-electron chi connectivity index (χ3n) is 3.91. The number of rotatable bonds is 4. The fraction of sp³-hybridized carbons (Fsp3) is 0.100. The van der Waals surface area contributed by atoms with Crippen LogP contribution >= 0.6 is 0 Å². The quantitative estimate of drug-likeness (QED) is 0.673. The molecule has 0 radical (unpaired) electrons. The highest BCUT2D eigenvalue weighted by molar-refractivity contribution is 6.01. The normalized spacial score (nSPS) is 10.4. The van der Waals surface area contributed by atoms with Gasteiger partial charge in [0.15, 0.2) is 0 Å². The van der Waals surface area contributed by atoms with Crippen LogP contribution in [0.25, 0.3) is 22.5 Å². The van der Waals surface area contributed by atoms with E-state index in [0.29, 0.717) is 28.2 Å². The van der Waals surface area contributed by atoms with Crippen LogP contribution in [0.2, 0.25) is 0 Å². The largest absolute Gasteiger partial charge is 0.465 e. The zero-order chi connectivity index (χ0) is 20.3. The van der Waals surface area contributed by atoms with Gasteiger partial charge in [0.1, 0.15) is 5.82 Å². The summed E-state index contributed by atoms with van der Waals surface area (Å²) in [5.41, 5.74) is 8.55. The van der Waals surface area contributed by atoms with Crippen molar-refractivity contribution in [2.75, 3.05) is 18.2 Å². The fourth-order valence-electron chi connectivity index (χ4n) is 2.66. The van der Waals surface area contributed by atoms with Gasteiger partial charge in [-0.05, 0) is 42.5 Å². The summed E-state index contributed by atoms with van der Waals surface area (Å²) in [6.07, 6.45) is 0. The van der Waals surface area contributed by atoms with E-state index in [1.54, 1.807) is 36.4 Å². The molecule has 0 aliphatic rings. The van der Waals surface area contributed by atoms with Crippen molar-refractivity contribution in [2.24, 2.45) is 0 Å². The number of methoxy groups -OCH3 is 1. The number of hydrogen-bond donors (Lipinski definition) is 2. The molecule has 0 bridgehead atoms. The number of hydrogen-bond acceptors (Lipinski definition) is 6. The topological polar surface area (TPSA) is 107 Å². The van der Waals surface area contributed by atoms with Gasteiger partial charge in [-0.2, -0.15) is 0 Å². The van der Waals surface area contributed by atoms with Crippen LogP contribution in [-0.2, 0) is 9.53 Å². The number of anilines is 2. The van der Waals surface area contributed by atoms with E-state index in [-0.39, 0.29) is 23.2 Å². The van der Waals surface area contributed by atoms with Gasteiger partial charge in [0, 0.05) is 18.1 Å². The van der Waals surface area contributed by atoms with Crippen LogP contribution in [0.1, 0.15) is 17.3 Å². The molecule has 0 saturated carbocycles. The second kappa shape index (κ2) is 7.83. The predicted octanol–water partition coefficient (Wildman–Crippen LogP) is 3.28. The zero-order valence-corrected chi connectivity index (χ0v) is 15.2. The van der Waals surface area contributed by atoms with Crippen molar-refractivity contribution < 1.29 is 18.7 Å². The average molecular weight is 380 g/mol. The van der Waals surface area contributed by atoms with Crippen molar-refractivity contribution in [3.8, 4) is 22.5 Å². The number of halogens is 1. The SMILES string of the molecule is COC(=O)c1cc(-c2cc(-c3ccc(F)cc3)nc(N)n2)ccc1NC(C)=O. The van der Waals surface area contributed by atoms with Crippen molar-refractivity contribution in [1.82, 2.24) is 9.97 Å². The highest BCUT2D eigenvalue weighted by Gasteiger charge is 2.16. The first-order chi connectivity index (χ1) is 13.4. The number of carbonyl (C=O) groups is 2. The summed E-state index contributed by atoms with van der Waals surface area (Å²) < 4.78 is 18.0. The van der Waals surface area contributed by atoms with E-state index in [4.69, 9.17) is 10.5 Å². The maximum Gasteiger partial charge on any atom is 0.339 e. The molecule has 142 valence electrons. The maximum absolute atomic E-state index is 13.2. The Morgan fingerprint density at radius 3 is 2.21 bits per heavy atom. The van der Waals surface area contributed by atoms with Gasteiger partial charge < -0.3 is 15.8 Å². The van der Waals surface area contributed by atoms with Crippen LogP contribution in [0.3, 0.4) is 0 Å². The monoisotopic (exact) mass is 380 g/mol. The molecule has 1 aromatic heterocycles. The van der Waals surface area contributed by atoms with Gasteiger partial charge in [-0.3, -0.25) is 4.79 Å². The van der Waals surface area contributed by atoms with E-state index in [1.165, 1.54) is 26.2 Å². The highest BCUT2D eigenvalue weighted by atomic mass is 19.1. The summed E-state index contributed by atoms with van der Waals surface area (Å²) >= 11 is 0. The number of esters is 1. The molecule has 0 unspecified atom stereocenters. The highest BCUT2D eigenvalue weighted by Crippen LogP contribution is 2.28. The molecule has 3 N–H and O–H groups in total. The first kappa shape index (κ1) is 19.0. The first-order valence-electron chi connectivity index (χ1n) is 8.28. The summed E-state index contributed by atoms with van der Waals surface area (Å²) in [7, 11) is 1.25. The van der Waals surface area contributed by atoms with Gasteiger partial charge in [-0.15, -0.1) is 0 Å². The number of nitrogens with two attached hydrogens (primary N) is 1. The van der Waals surface area contributed by atoms with E-state index < -0.39 is 5.97 Å². The molecule has 0 saturated heterocycles. The average Bonchev–Trinajstić information content (AvgIpc) is 2.67. The van der Waals surface area contributed by atoms with Crippen molar-refractivity contribution >= 4 is 23.5 Å². The number of benzene rings is 2. The van der Waals surface area contributed by atoms with Crippen LogP contribution in [0.15, 0.2) is 48.5 Å². The molecule has 1 heterocycles. The lowest BCUT2D eigenvalue weighted by Crippen LogP contribution is -2.12. The van der Waals surface area contributed by atoms with Crippen LogP contribution in [-0.4, -0.2) is 29.0 Å². The Balaban J connectivity index is 2.09. The summed E-state index contributed by atoms with van der Waals surface area (Å²) in [4.78, 5) is 31.9. The summed E-state index contributed by atoms with van der Waals surface area (Å²) in [5, 5.41) is 2.59. The van der Waals surface area contributed by atoms with Crippen LogP contribution in [0.4, 0.5) is 16.0 Å². The lowest BCUT2D eigenvalue weighted by Gasteiger charge is -2.11.